The van der Waals surface area contributed by atoms with Crippen LogP contribution >= 0.6 is 0 Å². The number of rotatable bonds is 4. The molecule has 0 saturated carbocycles. The number of carbonyl (C=O) groups is 1. The molecule has 1 aliphatic heterocycles. The van der Waals surface area contributed by atoms with Gasteiger partial charge in [0.2, 0.25) is 0 Å². The maximum absolute atomic E-state index is 11.8. The molecule has 0 unspecified atom stereocenters. The Morgan fingerprint density at radius 3 is 2.72 bits per heavy atom. The van der Waals surface area contributed by atoms with Crippen molar-refractivity contribution in [2.24, 2.45) is 5.41 Å². The minimum Gasteiger partial charge on any atom is -0.468 e. The van der Waals surface area contributed by atoms with Crippen LogP contribution in [0, 0.1) is 12.3 Å². The van der Waals surface area contributed by atoms with Gasteiger partial charge in [-0.25, -0.2) is 0 Å². The number of methoxy groups -OCH3 is 1. The molecule has 1 heterocycles. The van der Waals surface area contributed by atoms with Crippen molar-refractivity contribution < 1.29 is 14.3 Å². The van der Waals surface area contributed by atoms with Crippen molar-refractivity contribution in [2.45, 2.75) is 6.92 Å². The molecule has 18 heavy (non-hydrogen) atoms. The van der Waals surface area contributed by atoms with Gasteiger partial charge in [0.25, 0.3) is 0 Å². The number of nitrogens with zero attached hydrogens (tertiary/aromatic N) is 1. The van der Waals surface area contributed by atoms with Crippen LogP contribution < -0.4 is 4.90 Å². The van der Waals surface area contributed by atoms with Gasteiger partial charge in [0.05, 0.1) is 20.3 Å². The SMILES string of the molecule is COC(=O)C1(CN(C)c2cccc(C)c2)COC1. The number of ether oxygens (including phenoxy) is 2. The van der Waals surface area contributed by atoms with Gasteiger partial charge >= 0.3 is 5.97 Å². The van der Waals surface area contributed by atoms with E-state index in [0.29, 0.717) is 19.8 Å². The highest BCUT2D eigenvalue weighted by atomic mass is 16.5. The first-order chi connectivity index (χ1) is 8.57. The van der Waals surface area contributed by atoms with Crippen molar-refractivity contribution in [3.05, 3.63) is 29.8 Å². The first-order valence-electron chi connectivity index (χ1n) is 6.01. The Labute approximate surface area is 107 Å². The second kappa shape index (κ2) is 4.98. The van der Waals surface area contributed by atoms with E-state index in [1.54, 1.807) is 0 Å². The van der Waals surface area contributed by atoms with E-state index in [4.69, 9.17) is 9.47 Å². The van der Waals surface area contributed by atoms with E-state index in [9.17, 15) is 4.79 Å². The Hall–Kier alpha value is -1.55. The summed E-state index contributed by atoms with van der Waals surface area (Å²) in [5, 5.41) is 0. The van der Waals surface area contributed by atoms with Crippen LogP contribution in [0.5, 0.6) is 0 Å². The molecule has 0 atom stereocenters. The van der Waals surface area contributed by atoms with Gasteiger partial charge in [0.15, 0.2) is 0 Å². The number of hydrogen-bond donors (Lipinski definition) is 0. The van der Waals surface area contributed by atoms with Crippen LogP contribution in [0.3, 0.4) is 0 Å². The third-order valence-electron chi connectivity index (χ3n) is 3.36. The summed E-state index contributed by atoms with van der Waals surface area (Å²) in [6.07, 6.45) is 0. The molecule has 0 amide bonds. The smallest absolute Gasteiger partial charge is 0.318 e. The Morgan fingerprint density at radius 1 is 1.50 bits per heavy atom. The van der Waals surface area contributed by atoms with Crippen molar-refractivity contribution in [1.82, 2.24) is 0 Å². The van der Waals surface area contributed by atoms with Crippen molar-refractivity contribution in [3.8, 4) is 0 Å². The van der Waals surface area contributed by atoms with E-state index >= 15 is 0 Å². The van der Waals surface area contributed by atoms with Crippen molar-refractivity contribution in [3.63, 3.8) is 0 Å². The number of aryl methyl sites for hydroxylation is 1. The largest absolute Gasteiger partial charge is 0.468 e. The summed E-state index contributed by atoms with van der Waals surface area (Å²) < 4.78 is 10.1. The van der Waals surface area contributed by atoms with Crippen LogP contribution in [-0.4, -0.2) is 39.9 Å². The van der Waals surface area contributed by atoms with Gasteiger partial charge in [-0.15, -0.1) is 0 Å². The average Bonchev–Trinajstić information content (AvgIpc) is 2.32. The summed E-state index contributed by atoms with van der Waals surface area (Å²) in [5.74, 6) is -0.187. The summed E-state index contributed by atoms with van der Waals surface area (Å²) in [6, 6.07) is 8.21. The highest BCUT2D eigenvalue weighted by Crippen LogP contribution is 2.31. The summed E-state index contributed by atoms with van der Waals surface area (Å²) >= 11 is 0. The molecule has 4 nitrogen and oxygen atoms in total. The number of benzene rings is 1. The lowest BCUT2D eigenvalue weighted by Gasteiger charge is -2.41. The van der Waals surface area contributed by atoms with Crippen LogP contribution in [0.25, 0.3) is 0 Å². The minimum atomic E-state index is -0.507. The van der Waals surface area contributed by atoms with Gasteiger partial charge in [0, 0.05) is 19.3 Å². The van der Waals surface area contributed by atoms with Crippen molar-refractivity contribution in [2.75, 3.05) is 38.8 Å². The molecule has 1 saturated heterocycles. The molecule has 0 N–H and O–H groups in total. The molecule has 4 heteroatoms. The van der Waals surface area contributed by atoms with Crippen LogP contribution in [0.4, 0.5) is 5.69 Å². The standard InChI is InChI=1S/C14H19NO3/c1-11-5-4-6-12(7-11)15(2)8-14(9-18-10-14)13(16)17-3/h4-7H,8-10H2,1-3H3. The first kappa shape index (κ1) is 12.9. The van der Waals surface area contributed by atoms with Crippen LogP contribution in [0.1, 0.15) is 5.56 Å². The molecule has 1 aromatic carbocycles. The zero-order valence-electron chi connectivity index (χ0n) is 11.1. The lowest BCUT2D eigenvalue weighted by Crippen LogP contribution is -2.56. The third kappa shape index (κ3) is 2.34. The monoisotopic (exact) mass is 249 g/mol. The average molecular weight is 249 g/mol. The molecular weight excluding hydrogens is 230 g/mol. The molecule has 0 bridgehead atoms. The Bertz CT molecular complexity index is 440. The lowest BCUT2D eigenvalue weighted by atomic mass is 9.85. The molecule has 1 fully saturated rings. The van der Waals surface area contributed by atoms with Crippen LogP contribution in [0.15, 0.2) is 24.3 Å². The molecule has 0 radical (unpaired) electrons. The fourth-order valence-electron chi connectivity index (χ4n) is 2.25. The van der Waals surface area contributed by atoms with Gasteiger partial charge in [0.1, 0.15) is 5.41 Å². The summed E-state index contributed by atoms with van der Waals surface area (Å²) in [6.45, 7) is 3.55. The van der Waals surface area contributed by atoms with Gasteiger partial charge < -0.3 is 14.4 Å². The predicted molar refractivity (Wildman–Crippen MR) is 69.7 cm³/mol. The van der Waals surface area contributed by atoms with Gasteiger partial charge in [-0.3, -0.25) is 4.79 Å². The van der Waals surface area contributed by atoms with Crippen LogP contribution in [-0.2, 0) is 14.3 Å². The maximum atomic E-state index is 11.8. The van der Waals surface area contributed by atoms with Crippen molar-refractivity contribution in [1.29, 1.82) is 0 Å². The number of carbonyl (C=O) groups excluding carboxylic acids is 1. The van der Waals surface area contributed by atoms with E-state index < -0.39 is 5.41 Å². The summed E-state index contributed by atoms with van der Waals surface area (Å²) in [5.41, 5.74) is 1.80. The van der Waals surface area contributed by atoms with E-state index in [1.807, 2.05) is 19.2 Å². The quantitative estimate of drug-likeness (QED) is 0.760. The minimum absolute atomic E-state index is 0.187. The molecule has 0 aromatic heterocycles. The highest BCUT2D eigenvalue weighted by molar-refractivity contribution is 5.79. The molecule has 0 spiro atoms. The fraction of sp³-hybridized carbons (Fsp3) is 0.500. The van der Waals surface area contributed by atoms with Gasteiger partial charge in [-0.05, 0) is 24.6 Å². The Morgan fingerprint density at radius 2 is 2.22 bits per heavy atom. The van der Waals surface area contributed by atoms with E-state index in [1.165, 1.54) is 12.7 Å². The Balaban J connectivity index is 2.11. The van der Waals surface area contributed by atoms with Crippen LogP contribution in [0.2, 0.25) is 0 Å². The van der Waals surface area contributed by atoms with Gasteiger partial charge in [-0.2, -0.15) is 0 Å². The normalized spacial score (nSPS) is 16.8. The van der Waals surface area contributed by atoms with Crippen molar-refractivity contribution >= 4 is 11.7 Å². The maximum Gasteiger partial charge on any atom is 0.318 e. The first-order valence-corrected chi connectivity index (χ1v) is 6.01. The fourth-order valence-corrected chi connectivity index (χ4v) is 2.25. The van der Waals surface area contributed by atoms with E-state index in [-0.39, 0.29) is 5.97 Å². The predicted octanol–water partition coefficient (Wildman–Crippen LogP) is 1.62. The number of anilines is 1. The lowest BCUT2D eigenvalue weighted by molar-refractivity contribution is -0.180. The third-order valence-corrected chi connectivity index (χ3v) is 3.36. The topological polar surface area (TPSA) is 38.8 Å². The molecule has 0 aliphatic carbocycles. The second-order valence-electron chi connectivity index (χ2n) is 4.96. The zero-order valence-corrected chi connectivity index (χ0v) is 11.1. The van der Waals surface area contributed by atoms with Gasteiger partial charge in [-0.1, -0.05) is 12.1 Å². The number of esters is 1. The highest BCUT2D eigenvalue weighted by Gasteiger charge is 2.48. The van der Waals surface area contributed by atoms with E-state index in [2.05, 4.69) is 24.0 Å². The molecular formula is C14H19NO3. The Kier molecular flexibility index (Phi) is 3.57. The summed E-state index contributed by atoms with van der Waals surface area (Å²) in [7, 11) is 3.41. The molecule has 1 aliphatic rings. The molecule has 2 rings (SSSR count). The summed E-state index contributed by atoms with van der Waals surface area (Å²) in [4.78, 5) is 13.9. The number of hydrogen-bond acceptors (Lipinski definition) is 4. The van der Waals surface area contributed by atoms with E-state index in [0.717, 1.165) is 5.69 Å². The second-order valence-corrected chi connectivity index (χ2v) is 4.96. The molecule has 1 aromatic rings. The molecule has 98 valence electrons. The zero-order chi connectivity index (χ0) is 13.2.